The van der Waals surface area contributed by atoms with Gasteiger partial charge in [-0.25, -0.2) is 13.6 Å². The van der Waals surface area contributed by atoms with Gasteiger partial charge in [0.25, 0.3) is 5.91 Å². The van der Waals surface area contributed by atoms with Gasteiger partial charge < -0.3 is 10.1 Å². The molecule has 0 spiro atoms. The summed E-state index contributed by atoms with van der Waals surface area (Å²) in [5, 5.41) is 2.28. The molecule has 2 rings (SSSR count). The predicted molar refractivity (Wildman–Crippen MR) is 72.1 cm³/mol. The number of methoxy groups -OCH3 is 1. The quantitative estimate of drug-likeness (QED) is 0.884. The third-order valence-corrected chi connectivity index (χ3v) is 2.76. The molecule has 0 radical (unpaired) electrons. The van der Waals surface area contributed by atoms with E-state index in [4.69, 9.17) is 0 Å². The molecule has 0 unspecified atom stereocenters. The standard InChI is InChI=1S/C15H11F2NO3/c1-21-15(20)11-5-3-2-4-10(11)14(19)18-13-7-6-9(16)8-12(13)17/h2-8H,1H3,(H,18,19). The lowest BCUT2D eigenvalue weighted by atomic mass is 10.1. The lowest BCUT2D eigenvalue weighted by molar-refractivity contribution is 0.0597. The fraction of sp³-hybridized carbons (Fsp3) is 0.0667. The molecular weight excluding hydrogens is 280 g/mol. The maximum Gasteiger partial charge on any atom is 0.338 e. The van der Waals surface area contributed by atoms with E-state index in [1.54, 1.807) is 12.1 Å². The van der Waals surface area contributed by atoms with Crippen LogP contribution in [0.2, 0.25) is 0 Å². The number of ether oxygens (including phenoxy) is 1. The van der Waals surface area contributed by atoms with Crippen LogP contribution in [0.5, 0.6) is 0 Å². The van der Waals surface area contributed by atoms with Crippen LogP contribution in [0.1, 0.15) is 20.7 Å². The summed E-state index contributed by atoms with van der Waals surface area (Å²) < 4.78 is 30.9. The van der Waals surface area contributed by atoms with E-state index in [0.29, 0.717) is 6.07 Å². The minimum Gasteiger partial charge on any atom is -0.465 e. The van der Waals surface area contributed by atoms with Gasteiger partial charge in [-0.1, -0.05) is 12.1 Å². The summed E-state index contributed by atoms with van der Waals surface area (Å²) in [5.74, 6) is -3.03. The van der Waals surface area contributed by atoms with E-state index in [9.17, 15) is 18.4 Å². The third-order valence-electron chi connectivity index (χ3n) is 2.76. The average molecular weight is 291 g/mol. The first-order valence-electron chi connectivity index (χ1n) is 5.96. The largest absolute Gasteiger partial charge is 0.465 e. The zero-order chi connectivity index (χ0) is 15.4. The maximum absolute atomic E-state index is 13.5. The molecule has 2 aromatic carbocycles. The summed E-state index contributed by atoms with van der Waals surface area (Å²) in [4.78, 5) is 23.7. The molecule has 1 amide bonds. The van der Waals surface area contributed by atoms with Crippen molar-refractivity contribution in [3.05, 3.63) is 65.2 Å². The number of rotatable bonds is 3. The summed E-state index contributed by atoms with van der Waals surface area (Å²) in [6.07, 6.45) is 0. The van der Waals surface area contributed by atoms with Gasteiger partial charge in [-0.15, -0.1) is 0 Å². The first kappa shape index (κ1) is 14.6. The fourth-order valence-electron chi connectivity index (χ4n) is 1.75. The molecule has 0 aliphatic carbocycles. The van der Waals surface area contributed by atoms with E-state index < -0.39 is 23.5 Å². The summed E-state index contributed by atoms with van der Waals surface area (Å²) in [5.41, 5.74) is -0.0887. The zero-order valence-electron chi connectivity index (χ0n) is 11.0. The van der Waals surface area contributed by atoms with Gasteiger partial charge >= 0.3 is 5.97 Å². The van der Waals surface area contributed by atoms with Gasteiger partial charge in [0.05, 0.1) is 23.9 Å². The van der Waals surface area contributed by atoms with Crippen molar-refractivity contribution in [1.82, 2.24) is 0 Å². The van der Waals surface area contributed by atoms with E-state index in [-0.39, 0.29) is 16.8 Å². The van der Waals surface area contributed by atoms with E-state index in [1.807, 2.05) is 0 Å². The summed E-state index contributed by atoms with van der Waals surface area (Å²) in [6.45, 7) is 0. The Morgan fingerprint density at radius 1 is 1.05 bits per heavy atom. The fourth-order valence-corrected chi connectivity index (χ4v) is 1.75. The molecule has 0 fully saturated rings. The summed E-state index contributed by atoms with van der Waals surface area (Å²) in [6, 6.07) is 8.73. The number of esters is 1. The van der Waals surface area contributed by atoms with Crippen molar-refractivity contribution in [3.63, 3.8) is 0 Å². The molecule has 0 heterocycles. The van der Waals surface area contributed by atoms with Crippen molar-refractivity contribution in [2.45, 2.75) is 0 Å². The number of benzene rings is 2. The monoisotopic (exact) mass is 291 g/mol. The van der Waals surface area contributed by atoms with Crippen molar-refractivity contribution in [3.8, 4) is 0 Å². The minimum absolute atomic E-state index is 0.0353. The second-order valence-electron chi connectivity index (χ2n) is 4.12. The third kappa shape index (κ3) is 3.22. The van der Waals surface area contributed by atoms with Crippen molar-refractivity contribution in [1.29, 1.82) is 0 Å². The van der Waals surface area contributed by atoms with Crippen LogP contribution in [0.3, 0.4) is 0 Å². The van der Waals surface area contributed by atoms with Crippen LogP contribution in [-0.2, 0) is 4.74 Å². The lowest BCUT2D eigenvalue weighted by Crippen LogP contribution is -2.17. The van der Waals surface area contributed by atoms with Gasteiger partial charge in [0.1, 0.15) is 11.6 Å². The number of carbonyl (C=O) groups is 2. The average Bonchev–Trinajstić information content (AvgIpc) is 2.49. The Kier molecular flexibility index (Phi) is 4.27. The van der Waals surface area contributed by atoms with Crippen LogP contribution in [0.25, 0.3) is 0 Å². The highest BCUT2D eigenvalue weighted by Gasteiger charge is 2.18. The molecule has 0 aliphatic rings. The molecule has 0 aliphatic heterocycles. The second kappa shape index (κ2) is 6.13. The molecule has 1 N–H and O–H groups in total. The molecule has 2 aromatic rings. The zero-order valence-corrected chi connectivity index (χ0v) is 11.0. The molecule has 0 saturated heterocycles. The van der Waals surface area contributed by atoms with Gasteiger partial charge in [0, 0.05) is 6.07 Å². The molecule has 0 bridgehead atoms. The van der Waals surface area contributed by atoms with Crippen molar-refractivity contribution >= 4 is 17.6 Å². The molecule has 4 nitrogen and oxygen atoms in total. The highest BCUT2D eigenvalue weighted by Crippen LogP contribution is 2.17. The van der Waals surface area contributed by atoms with Crippen LogP contribution in [0.4, 0.5) is 14.5 Å². The Hall–Kier alpha value is -2.76. The van der Waals surface area contributed by atoms with Gasteiger partial charge in [-0.05, 0) is 24.3 Å². The highest BCUT2D eigenvalue weighted by molar-refractivity contribution is 6.11. The number of halogens is 2. The first-order chi connectivity index (χ1) is 10.0. The summed E-state index contributed by atoms with van der Waals surface area (Å²) in [7, 11) is 1.19. The predicted octanol–water partition coefficient (Wildman–Crippen LogP) is 3.00. The summed E-state index contributed by atoms with van der Waals surface area (Å²) >= 11 is 0. The van der Waals surface area contributed by atoms with Crippen LogP contribution in [-0.4, -0.2) is 19.0 Å². The van der Waals surface area contributed by atoms with Gasteiger partial charge in [-0.2, -0.15) is 0 Å². The van der Waals surface area contributed by atoms with Crippen molar-refractivity contribution in [2.24, 2.45) is 0 Å². The number of carbonyl (C=O) groups excluding carboxylic acids is 2. The van der Waals surface area contributed by atoms with Gasteiger partial charge in [-0.3, -0.25) is 4.79 Å². The van der Waals surface area contributed by atoms with Crippen molar-refractivity contribution in [2.75, 3.05) is 12.4 Å². The van der Waals surface area contributed by atoms with Gasteiger partial charge in [0.2, 0.25) is 0 Å². The molecule has 6 heteroatoms. The minimum atomic E-state index is -0.904. The van der Waals surface area contributed by atoms with E-state index in [0.717, 1.165) is 12.1 Å². The molecule has 0 saturated carbocycles. The Labute approximate surface area is 119 Å². The molecule has 0 atom stereocenters. The van der Waals surface area contributed by atoms with Gasteiger partial charge in [0.15, 0.2) is 0 Å². The Balaban J connectivity index is 2.31. The Morgan fingerprint density at radius 2 is 1.71 bits per heavy atom. The molecule has 108 valence electrons. The lowest BCUT2D eigenvalue weighted by Gasteiger charge is -2.09. The topological polar surface area (TPSA) is 55.4 Å². The smallest absolute Gasteiger partial charge is 0.338 e. The number of amides is 1. The van der Waals surface area contributed by atoms with Crippen LogP contribution in [0.15, 0.2) is 42.5 Å². The van der Waals surface area contributed by atoms with E-state index in [2.05, 4.69) is 10.1 Å². The number of hydrogen-bond acceptors (Lipinski definition) is 3. The second-order valence-corrected chi connectivity index (χ2v) is 4.12. The molecule has 0 aromatic heterocycles. The Morgan fingerprint density at radius 3 is 2.33 bits per heavy atom. The van der Waals surface area contributed by atoms with E-state index >= 15 is 0 Å². The molecule has 21 heavy (non-hydrogen) atoms. The SMILES string of the molecule is COC(=O)c1ccccc1C(=O)Nc1ccc(F)cc1F. The molecular formula is C15H11F2NO3. The van der Waals surface area contributed by atoms with Crippen LogP contribution >= 0.6 is 0 Å². The number of hydrogen-bond donors (Lipinski definition) is 1. The number of nitrogens with one attached hydrogen (secondary N) is 1. The highest BCUT2D eigenvalue weighted by atomic mass is 19.1. The van der Waals surface area contributed by atoms with Crippen LogP contribution in [0, 0.1) is 11.6 Å². The van der Waals surface area contributed by atoms with Crippen LogP contribution < -0.4 is 5.32 Å². The van der Waals surface area contributed by atoms with Crippen molar-refractivity contribution < 1.29 is 23.1 Å². The normalized spacial score (nSPS) is 10.0. The number of anilines is 1. The first-order valence-corrected chi connectivity index (χ1v) is 5.96. The Bertz CT molecular complexity index is 701. The maximum atomic E-state index is 13.5. The van der Waals surface area contributed by atoms with E-state index in [1.165, 1.54) is 19.2 Å².